The zero-order chi connectivity index (χ0) is 89.8. The second-order valence-corrected chi connectivity index (χ2v) is 39.1. The maximum Gasteiger partial charge on any atom is 0.160 e. The molecule has 632 valence electrons. The van der Waals surface area contributed by atoms with Crippen LogP contribution in [0.2, 0.25) is 0 Å². The summed E-state index contributed by atoms with van der Waals surface area (Å²) in [6, 6.07) is 145. The summed E-state index contributed by atoms with van der Waals surface area (Å²) >= 11 is 0. The molecule has 134 heavy (non-hydrogen) atoms. The van der Waals surface area contributed by atoms with Gasteiger partial charge in [0.1, 0.15) is 0 Å². The third-order valence-electron chi connectivity index (χ3n) is 30.1. The summed E-state index contributed by atoms with van der Waals surface area (Å²) in [6.07, 6.45) is 0. The molecule has 0 bridgehead atoms. The van der Waals surface area contributed by atoms with Crippen molar-refractivity contribution in [2.24, 2.45) is 0 Å². The Kier molecular flexibility index (Phi) is 17.4. The first-order valence-electron chi connectivity index (χ1n) is 46.8. The smallest absolute Gasteiger partial charge is 0.160 e. The van der Waals surface area contributed by atoms with Crippen LogP contribution >= 0.6 is 0 Å². The van der Waals surface area contributed by atoms with Crippen LogP contribution in [0.5, 0.6) is 0 Å². The predicted molar refractivity (Wildman–Crippen MR) is 562 cm³/mol. The first kappa shape index (κ1) is 78.7. The number of aromatic nitrogens is 6. The van der Waals surface area contributed by atoms with Crippen LogP contribution in [0.25, 0.3) is 231 Å². The second-order valence-electron chi connectivity index (χ2n) is 39.1. The Bertz CT molecular complexity index is 8820. The van der Waals surface area contributed by atoms with Crippen molar-refractivity contribution in [1.82, 2.24) is 29.9 Å². The van der Waals surface area contributed by atoms with E-state index in [9.17, 15) is 0 Å². The van der Waals surface area contributed by atoms with Crippen LogP contribution in [0.15, 0.2) is 400 Å². The monoisotopic (exact) mass is 1710 g/mol. The lowest BCUT2D eigenvalue weighted by Crippen LogP contribution is -2.15. The molecule has 24 aromatic rings. The lowest BCUT2D eigenvalue weighted by Gasteiger charge is -2.23. The van der Waals surface area contributed by atoms with Crippen molar-refractivity contribution >= 4 is 119 Å². The van der Waals surface area contributed by atoms with E-state index < -0.39 is 0 Å². The zero-order valence-corrected chi connectivity index (χ0v) is 75.8. The van der Waals surface area contributed by atoms with Gasteiger partial charge >= 0.3 is 0 Å². The van der Waals surface area contributed by atoms with E-state index in [1.54, 1.807) is 0 Å². The molecule has 0 spiro atoms. The van der Waals surface area contributed by atoms with Gasteiger partial charge in [-0.1, -0.05) is 365 Å². The molecule has 0 radical (unpaired) electrons. The lowest BCUT2D eigenvalue weighted by molar-refractivity contribution is 0.660. The van der Waals surface area contributed by atoms with Crippen molar-refractivity contribution in [3.8, 4) is 112 Å². The lowest BCUT2D eigenvalue weighted by atomic mass is 9.80. The molecular weight excluding hydrogens is 1620 g/mol. The molecule has 3 heterocycles. The van der Waals surface area contributed by atoms with Gasteiger partial charge in [-0.25, -0.2) is 29.9 Å². The van der Waals surface area contributed by atoms with Gasteiger partial charge in [0.25, 0.3) is 0 Å². The van der Waals surface area contributed by atoms with Crippen molar-refractivity contribution in [1.29, 1.82) is 0 Å². The Hall–Kier alpha value is -16.3. The Labute approximate surface area is 777 Å². The summed E-state index contributed by atoms with van der Waals surface area (Å²) in [4.78, 5) is 31.6. The van der Waals surface area contributed by atoms with Crippen molar-refractivity contribution in [3.63, 3.8) is 0 Å². The average molecular weight is 1710 g/mol. The Balaban J connectivity index is 0.000000105. The third kappa shape index (κ3) is 12.1. The summed E-state index contributed by atoms with van der Waals surface area (Å²) in [5.74, 6) is 0.733. The predicted octanol–water partition coefficient (Wildman–Crippen LogP) is 33.3. The fourth-order valence-electron chi connectivity index (χ4n) is 23.2. The van der Waals surface area contributed by atoms with Gasteiger partial charge in [0, 0.05) is 60.4 Å². The number of hydrogen-bond donors (Lipinski definition) is 0. The van der Waals surface area contributed by atoms with Crippen LogP contribution in [-0.4, -0.2) is 29.9 Å². The highest BCUT2D eigenvalue weighted by Crippen LogP contribution is 2.57. The minimum absolute atomic E-state index is 0.0737. The molecule has 0 unspecified atom stereocenters. The number of rotatable bonds is 6. The molecule has 0 atom stereocenters. The van der Waals surface area contributed by atoms with Gasteiger partial charge < -0.3 is 0 Å². The summed E-state index contributed by atoms with van der Waals surface area (Å²) in [6.45, 7) is 18.7. The molecule has 6 nitrogen and oxygen atoms in total. The van der Waals surface area contributed by atoms with Gasteiger partial charge in [0.2, 0.25) is 0 Å². The van der Waals surface area contributed by atoms with Gasteiger partial charge in [0.15, 0.2) is 5.82 Å². The Morgan fingerprint density at radius 3 is 0.746 bits per heavy atom. The van der Waals surface area contributed by atoms with Crippen LogP contribution in [0.3, 0.4) is 0 Å². The van der Waals surface area contributed by atoms with Crippen LogP contribution in [-0.2, 0) is 21.7 Å². The van der Waals surface area contributed by atoms with E-state index in [2.05, 4.69) is 432 Å². The molecule has 0 N–H and O–H groups in total. The van der Waals surface area contributed by atoms with Gasteiger partial charge in [-0.05, 0) is 266 Å². The molecule has 6 heteroatoms. The summed E-state index contributed by atoms with van der Waals surface area (Å²) in [5, 5.41) is 21.3. The highest BCUT2D eigenvalue weighted by atomic mass is 14.9. The minimum Gasteiger partial charge on any atom is -0.244 e. The van der Waals surface area contributed by atoms with Gasteiger partial charge in [0.05, 0.1) is 56.1 Å². The quantitative estimate of drug-likeness (QED) is 0.154. The van der Waals surface area contributed by atoms with E-state index in [0.29, 0.717) is 0 Å². The molecule has 0 saturated heterocycles. The molecule has 0 saturated carbocycles. The molecule has 4 aliphatic rings. The number of nitrogens with zero attached hydrogens (tertiary/aromatic N) is 6. The van der Waals surface area contributed by atoms with Crippen LogP contribution in [0, 0.1) is 0 Å². The van der Waals surface area contributed by atoms with Gasteiger partial charge in [-0.3, -0.25) is 0 Å². The van der Waals surface area contributed by atoms with Crippen molar-refractivity contribution in [2.75, 3.05) is 0 Å². The second kappa shape index (κ2) is 29.6. The zero-order valence-electron chi connectivity index (χ0n) is 75.8. The fourth-order valence-corrected chi connectivity index (χ4v) is 23.2. The first-order valence-corrected chi connectivity index (χ1v) is 46.8. The van der Waals surface area contributed by atoms with Crippen LogP contribution in [0.4, 0.5) is 0 Å². The molecule has 3 aromatic heterocycles. The van der Waals surface area contributed by atoms with Gasteiger partial charge in [-0.15, -0.1) is 0 Å². The highest BCUT2D eigenvalue weighted by molar-refractivity contribution is 6.27. The molecule has 0 aliphatic heterocycles. The third-order valence-corrected chi connectivity index (χ3v) is 30.1. The van der Waals surface area contributed by atoms with E-state index in [-0.39, 0.29) is 21.7 Å². The normalized spacial score (nSPS) is 14.1. The van der Waals surface area contributed by atoms with E-state index in [1.165, 1.54) is 175 Å². The minimum atomic E-state index is -0.137. The molecule has 0 fully saturated rings. The number of hydrogen-bond acceptors (Lipinski definition) is 6. The number of benzene rings is 21. The summed E-state index contributed by atoms with van der Waals surface area (Å²) in [5.41, 5.74) is 36.8. The van der Waals surface area contributed by atoms with Crippen molar-refractivity contribution < 1.29 is 0 Å². The van der Waals surface area contributed by atoms with E-state index in [1.807, 2.05) is 24.3 Å². The number of fused-ring (bicyclic) bond motifs is 29. The molecule has 0 amide bonds. The van der Waals surface area contributed by atoms with Gasteiger partial charge in [-0.2, -0.15) is 0 Å². The number of para-hydroxylation sites is 5. The Morgan fingerprint density at radius 2 is 0.381 bits per heavy atom. The molecule has 28 rings (SSSR count). The van der Waals surface area contributed by atoms with Crippen molar-refractivity contribution in [2.45, 2.75) is 77.0 Å². The fraction of sp³-hybridized carbons (Fsp3) is 0.0938. The van der Waals surface area contributed by atoms with Crippen LogP contribution in [0.1, 0.15) is 99.9 Å². The van der Waals surface area contributed by atoms with Crippen molar-refractivity contribution in [3.05, 3.63) is 445 Å². The standard InChI is InChI=1S/C46H34N2.C44H26N2.C38H30N2/c1-45(2)37-25-31(17-19-33(37)35-21-27-11-5-7-13-29(27)23-39(35)45)43-44(48-42-16-10-9-15-41(42)47-43)32-18-20-34-36-22-28-12-6-8-14-30(28)24-40(36)46(3,4)38(34)26-32;1-3-15-33-29(11-1)31-13-5-7-17-35(31)40-25-27(21-23-37(33)40)43-39-19-9-10-20-42(39)45-44(46-43)28-22-24-38-34-16-4-2-12-30(34)32-14-6-8-18-36(32)41(38)26-28;1-37(2)29-13-7-5-11-25(29)27-19-17-23(21-31(27)37)35-36(40-34-16-10-9-15-33(34)39-35)24-18-20-28-26-12-6-8-14-30(26)38(3,4)32(28)22-24/h5-26H,1-4H3;1-26H;5-22H,1-4H3. The summed E-state index contributed by atoms with van der Waals surface area (Å²) < 4.78 is 0. The average Bonchev–Trinajstić information content (AvgIpc) is 1.21. The van der Waals surface area contributed by atoms with E-state index in [4.69, 9.17) is 29.9 Å². The highest BCUT2D eigenvalue weighted by Gasteiger charge is 2.41. The SMILES string of the molecule is CC1(C)c2cc(-c3nc4ccccc4nc3-c3ccc4c(c3)C(C)(C)c3cc5ccccc5cc3-4)ccc2-c2cc3ccccc3cc21.CC1(C)c2ccccc2-c2ccc(-c3nc4ccccc4nc3-c3ccc4c(c3)C(C)(C)c3ccccc3-4)cc21.c1ccc2c(-c3ccc4c5ccccc5c5ccccc5c4c3)nc(-c3ccc4c5ccccc5c5ccccc5c4c3)nc2c1. The maximum atomic E-state index is 5.33. The van der Waals surface area contributed by atoms with Crippen LogP contribution < -0.4 is 0 Å². The maximum absolute atomic E-state index is 5.33. The van der Waals surface area contributed by atoms with E-state index >= 15 is 0 Å². The summed E-state index contributed by atoms with van der Waals surface area (Å²) in [7, 11) is 0. The Morgan fingerprint density at radius 1 is 0.142 bits per heavy atom. The largest absolute Gasteiger partial charge is 0.244 e. The van der Waals surface area contributed by atoms with E-state index in [0.717, 1.165) is 101 Å². The topological polar surface area (TPSA) is 77.3 Å². The molecule has 4 aliphatic carbocycles. The molecular formula is C128H90N6. The molecule has 21 aromatic carbocycles. The first-order chi connectivity index (χ1) is 65.4.